The van der Waals surface area contributed by atoms with Crippen molar-refractivity contribution in [2.75, 3.05) is 20.0 Å². The number of carbonyl (C=O) groups is 1. The van der Waals surface area contributed by atoms with Crippen LogP contribution in [-0.2, 0) is 4.79 Å². The number of alkyl halides is 3. The summed E-state index contributed by atoms with van der Waals surface area (Å²) in [5.41, 5.74) is -2.68. The molecule has 0 rings (SSSR count). The molecule has 0 saturated heterocycles. The third-order valence-electron chi connectivity index (χ3n) is 1.18. The first-order valence-electron chi connectivity index (χ1n) is 2.51. The highest BCUT2D eigenvalue weighted by molar-refractivity contribution is 5.76. The maximum Gasteiger partial charge on any atom is 0.315 e. The van der Waals surface area contributed by atoms with Gasteiger partial charge in [0, 0.05) is 0 Å². The third-order valence-corrected chi connectivity index (χ3v) is 1.18. The van der Waals surface area contributed by atoms with E-state index in [0.29, 0.717) is 0 Å². The SMILES string of the molecule is O=C(F)C(CF)(CF)CF. The molecule has 0 aromatic carbocycles. The van der Waals surface area contributed by atoms with Gasteiger partial charge in [0.1, 0.15) is 25.4 Å². The molecule has 1 nitrogen and oxygen atoms in total. The van der Waals surface area contributed by atoms with E-state index >= 15 is 0 Å². The van der Waals surface area contributed by atoms with Crippen LogP contribution in [-0.4, -0.2) is 26.1 Å². The van der Waals surface area contributed by atoms with Crippen LogP contribution in [0, 0.1) is 5.41 Å². The van der Waals surface area contributed by atoms with Crippen molar-refractivity contribution < 1.29 is 22.4 Å². The monoisotopic (exact) mass is 158 g/mol. The maximum absolute atomic E-state index is 11.7. The zero-order valence-electron chi connectivity index (χ0n) is 5.04. The second-order valence-corrected chi connectivity index (χ2v) is 1.95. The molecule has 5 heteroatoms. The summed E-state index contributed by atoms with van der Waals surface area (Å²) in [6.45, 7) is -4.93. The van der Waals surface area contributed by atoms with Crippen LogP contribution in [0.3, 0.4) is 0 Å². The lowest BCUT2D eigenvalue weighted by Crippen LogP contribution is -2.35. The zero-order chi connectivity index (χ0) is 8.20. The Kier molecular flexibility index (Phi) is 3.32. The van der Waals surface area contributed by atoms with Gasteiger partial charge in [0.05, 0.1) is 0 Å². The summed E-state index contributed by atoms with van der Waals surface area (Å²) >= 11 is 0. The summed E-state index contributed by atoms with van der Waals surface area (Å²) in [5, 5.41) is 0. The summed E-state index contributed by atoms with van der Waals surface area (Å²) < 4.78 is 46.5. The van der Waals surface area contributed by atoms with Crippen molar-refractivity contribution in [1.29, 1.82) is 0 Å². The first kappa shape index (κ1) is 9.39. The molecule has 0 bridgehead atoms. The van der Waals surface area contributed by atoms with Gasteiger partial charge in [-0.1, -0.05) is 0 Å². The lowest BCUT2D eigenvalue weighted by Gasteiger charge is -2.16. The highest BCUT2D eigenvalue weighted by atomic mass is 19.2. The molecule has 0 fully saturated rings. The lowest BCUT2D eigenvalue weighted by molar-refractivity contribution is -0.143. The van der Waals surface area contributed by atoms with Crippen LogP contribution in [0.2, 0.25) is 0 Å². The number of hydrogen-bond acceptors (Lipinski definition) is 1. The summed E-state index contributed by atoms with van der Waals surface area (Å²) in [6, 6.07) is -2.28. The molecule has 0 spiro atoms. The smallest absolute Gasteiger partial charge is 0.260 e. The van der Waals surface area contributed by atoms with Gasteiger partial charge in [-0.25, -0.2) is 13.2 Å². The quantitative estimate of drug-likeness (QED) is 0.446. The van der Waals surface area contributed by atoms with Gasteiger partial charge in [-0.15, -0.1) is 0 Å². The average Bonchev–Trinajstić information content (AvgIpc) is 1.92. The van der Waals surface area contributed by atoms with Crippen molar-refractivity contribution >= 4 is 6.04 Å². The highest BCUT2D eigenvalue weighted by Gasteiger charge is 2.40. The van der Waals surface area contributed by atoms with Crippen LogP contribution in [0.15, 0.2) is 0 Å². The Balaban J connectivity index is 4.31. The molecule has 0 N–H and O–H groups in total. The van der Waals surface area contributed by atoms with Crippen molar-refractivity contribution in [1.82, 2.24) is 0 Å². The highest BCUT2D eigenvalue weighted by Crippen LogP contribution is 2.21. The fourth-order valence-electron chi connectivity index (χ4n) is 0.265. The van der Waals surface area contributed by atoms with E-state index in [1.807, 2.05) is 0 Å². The minimum absolute atomic E-state index is 1.64. The lowest BCUT2D eigenvalue weighted by atomic mass is 9.95. The number of hydrogen-bond donors (Lipinski definition) is 0. The van der Waals surface area contributed by atoms with Crippen molar-refractivity contribution in [3.8, 4) is 0 Å². The van der Waals surface area contributed by atoms with E-state index < -0.39 is 31.5 Å². The second kappa shape index (κ2) is 3.53. The van der Waals surface area contributed by atoms with Crippen molar-refractivity contribution in [3.63, 3.8) is 0 Å². The molecule has 60 valence electrons. The van der Waals surface area contributed by atoms with Crippen LogP contribution >= 0.6 is 0 Å². The fourth-order valence-corrected chi connectivity index (χ4v) is 0.265. The van der Waals surface area contributed by atoms with Gasteiger partial charge in [0.15, 0.2) is 0 Å². The van der Waals surface area contributed by atoms with Gasteiger partial charge in [-0.2, -0.15) is 4.39 Å². The molecule has 0 aromatic rings. The first-order chi connectivity index (χ1) is 4.63. The molecule has 0 amide bonds. The van der Waals surface area contributed by atoms with Gasteiger partial charge in [-0.05, 0) is 0 Å². The average molecular weight is 158 g/mol. The van der Waals surface area contributed by atoms with E-state index in [4.69, 9.17) is 0 Å². The first-order valence-corrected chi connectivity index (χ1v) is 2.51. The fraction of sp³-hybridized carbons (Fsp3) is 0.800. The van der Waals surface area contributed by atoms with Gasteiger partial charge >= 0.3 is 6.04 Å². The predicted octanol–water partition coefficient (Wildman–Crippen LogP) is 1.38. The molecule has 0 aliphatic rings. The summed E-state index contributed by atoms with van der Waals surface area (Å²) in [4.78, 5) is 9.77. The van der Waals surface area contributed by atoms with E-state index in [-0.39, 0.29) is 0 Å². The van der Waals surface area contributed by atoms with Crippen LogP contribution in [0.25, 0.3) is 0 Å². The Morgan fingerprint density at radius 3 is 1.40 bits per heavy atom. The van der Waals surface area contributed by atoms with Crippen LogP contribution in [0.4, 0.5) is 17.6 Å². The molecule has 0 aromatic heterocycles. The predicted molar refractivity (Wildman–Crippen MR) is 26.5 cm³/mol. The van der Waals surface area contributed by atoms with Crippen LogP contribution in [0.1, 0.15) is 0 Å². The third kappa shape index (κ3) is 1.46. The maximum atomic E-state index is 11.7. The van der Waals surface area contributed by atoms with Gasteiger partial charge in [-0.3, -0.25) is 4.79 Å². The van der Waals surface area contributed by atoms with E-state index in [0.717, 1.165) is 0 Å². The molecule has 0 atom stereocenters. The van der Waals surface area contributed by atoms with E-state index in [1.54, 1.807) is 0 Å². The molecule has 0 aliphatic carbocycles. The molecule has 10 heavy (non-hydrogen) atoms. The minimum atomic E-state index is -2.68. The van der Waals surface area contributed by atoms with Crippen LogP contribution < -0.4 is 0 Å². The second-order valence-electron chi connectivity index (χ2n) is 1.95. The number of rotatable bonds is 4. The van der Waals surface area contributed by atoms with Crippen LogP contribution in [0.5, 0.6) is 0 Å². The molecular weight excluding hydrogens is 152 g/mol. The summed E-state index contributed by atoms with van der Waals surface area (Å²) in [6.07, 6.45) is 0. The van der Waals surface area contributed by atoms with Crippen molar-refractivity contribution in [2.45, 2.75) is 0 Å². The molecule has 0 aliphatic heterocycles. The van der Waals surface area contributed by atoms with Crippen molar-refractivity contribution in [3.05, 3.63) is 0 Å². The molecule has 0 saturated carbocycles. The largest absolute Gasteiger partial charge is 0.315 e. The Labute approximate surface area is 55.0 Å². The van der Waals surface area contributed by atoms with Crippen molar-refractivity contribution in [2.24, 2.45) is 5.41 Å². The standard InChI is InChI=1S/C5H6F4O/c6-1-5(2-7,3-8)4(9)10/h1-3H2. The Bertz CT molecular complexity index is 113. The van der Waals surface area contributed by atoms with E-state index in [9.17, 15) is 22.4 Å². The van der Waals surface area contributed by atoms with E-state index in [2.05, 4.69) is 0 Å². The minimum Gasteiger partial charge on any atom is -0.260 e. The normalized spacial score (nSPS) is 11.6. The van der Waals surface area contributed by atoms with Gasteiger partial charge in [0.2, 0.25) is 0 Å². The topological polar surface area (TPSA) is 17.1 Å². The summed E-state index contributed by atoms with van der Waals surface area (Å²) in [5.74, 6) is 0. The Morgan fingerprint density at radius 2 is 1.40 bits per heavy atom. The zero-order valence-corrected chi connectivity index (χ0v) is 5.04. The Morgan fingerprint density at radius 1 is 1.10 bits per heavy atom. The Hall–Kier alpha value is -0.610. The van der Waals surface area contributed by atoms with Gasteiger partial charge < -0.3 is 0 Å². The molecule has 0 unspecified atom stereocenters. The summed E-state index contributed by atoms with van der Waals surface area (Å²) in [7, 11) is 0. The molecule has 0 heterocycles. The number of carbonyl (C=O) groups excluding carboxylic acids is 1. The number of halogens is 4. The van der Waals surface area contributed by atoms with E-state index in [1.165, 1.54) is 0 Å². The molecular formula is C5H6F4O. The molecule has 0 radical (unpaired) electrons. The van der Waals surface area contributed by atoms with Gasteiger partial charge in [0.25, 0.3) is 0 Å².